The molecule has 2 aromatic rings. The number of primary amides is 1. The van der Waals surface area contributed by atoms with E-state index in [1.54, 1.807) is 5.01 Å². The number of morpholine rings is 1. The fourth-order valence-electron chi connectivity index (χ4n) is 4.91. The molecule has 0 bridgehead atoms. The van der Waals surface area contributed by atoms with Gasteiger partial charge in [-0.05, 0) is 47.6 Å². The molecule has 37 heavy (non-hydrogen) atoms. The highest BCUT2D eigenvalue weighted by atomic mass is 19.1. The van der Waals surface area contributed by atoms with Gasteiger partial charge in [0.05, 0.1) is 13.2 Å². The second-order valence-corrected chi connectivity index (χ2v) is 9.42. The van der Waals surface area contributed by atoms with Crippen LogP contribution in [0.15, 0.2) is 48.5 Å². The smallest absolute Gasteiger partial charge is 0.422 e. The Balaban J connectivity index is 1.36. The van der Waals surface area contributed by atoms with Gasteiger partial charge >= 0.3 is 6.09 Å². The van der Waals surface area contributed by atoms with Gasteiger partial charge in [-0.3, -0.25) is 15.0 Å². The summed E-state index contributed by atoms with van der Waals surface area (Å²) >= 11 is 0. The molecule has 0 radical (unpaired) electrons. The lowest BCUT2D eigenvalue weighted by molar-refractivity contribution is -0.131. The van der Waals surface area contributed by atoms with Crippen LogP contribution < -0.4 is 16.5 Å². The Morgan fingerprint density at radius 1 is 1.03 bits per heavy atom. The lowest BCUT2D eigenvalue weighted by Gasteiger charge is -2.32. The first-order valence-corrected chi connectivity index (χ1v) is 12.6. The predicted octanol–water partition coefficient (Wildman–Crippen LogP) is 2.92. The first kappa shape index (κ1) is 26.6. The first-order chi connectivity index (χ1) is 17.9. The molecule has 2 fully saturated rings. The Morgan fingerprint density at radius 3 is 2.38 bits per heavy atom. The molecule has 10 heteroatoms. The van der Waals surface area contributed by atoms with Gasteiger partial charge < -0.3 is 20.5 Å². The number of nitrogens with zero attached hydrogens (tertiary/aromatic N) is 1. The van der Waals surface area contributed by atoms with Crippen molar-refractivity contribution in [2.24, 2.45) is 11.7 Å². The second kappa shape index (κ2) is 12.6. The molecule has 9 nitrogen and oxygen atoms in total. The average molecular weight is 513 g/mol. The Labute approximate surface area is 215 Å². The van der Waals surface area contributed by atoms with Gasteiger partial charge in [0.1, 0.15) is 18.5 Å². The van der Waals surface area contributed by atoms with Gasteiger partial charge in [0.25, 0.3) is 0 Å². The van der Waals surface area contributed by atoms with Crippen LogP contribution in [-0.2, 0) is 25.7 Å². The molecule has 1 aliphatic heterocycles. The van der Waals surface area contributed by atoms with Gasteiger partial charge in [0, 0.05) is 19.0 Å². The molecule has 0 spiro atoms. The van der Waals surface area contributed by atoms with E-state index in [1.807, 2.05) is 24.3 Å². The van der Waals surface area contributed by atoms with Crippen LogP contribution in [0.25, 0.3) is 0 Å². The number of rotatable bonds is 8. The molecule has 2 aromatic carbocycles. The molecule has 198 valence electrons. The highest BCUT2D eigenvalue weighted by Crippen LogP contribution is 2.38. The maximum atomic E-state index is 13.3. The zero-order valence-electron chi connectivity index (χ0n) is 20.7. The van der Waals surface area contributed by atoms with Gasteiger partial charge in [0.2, 0.25) is 11.8 Å². The number of carbonyl (C=O) groups excluding carboxylic acids is 3. The van der Waals surface area contributed by atoms with Gasteiger partial charge in [0.15, 0.2) is 0 Å². The van der Waals surface area contributed by atoms with Gasteiger partial charge in [-0.25, -0.2) is 14.2 Å². The van der Waals surface area contributed by atoms with E-state index in [0.29, 0.717) is 38.3 Å². The van der Waals surface area contributed by atoms with Crippen molar-refractivity contribution in [1.29, 1.82) is 0 Å². The van der Waals surface area contributed by atoms with E-state index in [2.05, 4.69) is 10.7 Å². The molecule has 1 saturated heterocycles. The standard InChI is InChI=1S/C27H33FN4O5/c28-21-11-9-20(10-12-21)24(25(29)33)30-26(34)23-4-2-1-3-22(23)19-7-5-18(6-8-19)17-37-27(35)31-32-13-15-36-16-14-32/h5-12,22-24H,1-4,13-17H2,(H2,29,33)(H,30,34)(H,31,35). The number of nitrogens with two attached hydrogens (primary N) is 1. The molecular formula is C27H33FN4O5. The number of amides is 3. The number of benzene rings is 2. The molecular weight excluding hydrogens is 479 g/mol. The Hall–Kier alpha value is -3.50. The molecule has 4 rings (SSSR count). The van der Waals surface area contributed by atoms with Crippen molar-refractivity contribution in [2.45, 2.75) is 44.2 Å². The molecule has 1 saturated carbocycles. The number of halogens is 1. The van der Waals surface area contributed by atoms with Crippen LogP contribution in [0.2, 0.25) is 0 Å². The minimum absolute atomic E-state index is 0.0184. The number of hydrogen-bond acceptors (Lipinski definition) is 6. The highest BCUT2D eigenvalue weighted by Gasteiger charge is 2.34. The van der Waals surface area contributed by atoms with Crippen molar-refractivity contribution >= 4 is 17.9 Å². The minimum Gasteiger partial charge on any atom is -0.444 e. The van der Waals surface area contributed by atoms with Crippen LogP contribution in [0.3, 0.4) is 0 Å². The van der Waals surface area contributed by atoms with Crippen molar-refractivity contribution in [1.82, 2.24) is 15.8 Å². The van der Waals surface area contributed by atoms with Crippen molar-refractivity contribution in [3.8, 4) is 0 Å². The lowest BCUT2D eigenvalue weighted by Crippen LogP contribution is -2.48. The lowest BCUT2D eigenvalue weighted by atomic mass is 9.74. The highest BCUT2D eigenvalue weighted by molar-refractivity contribution is 5.89. The molecule has 1 heterocycles. The molecule has 3 atom stereocenters. The predicted molar refractivity (Wildman–Crippen MR) is 133 cm³/mol. The quantitative estimate of drug-likeness (QED) is 0.500. The summed E-state index contributed by atoms with van der Waals surface area (Å²) in [6.45, 7) is 2.49. The van der Waals surface area contributed by atoms with Crippen LogP contribution in [0, 0.1) is 11.7 Å². The zero-order valence-corrected chi connectivity index (χ0v) is 20.7. The summed E-state index contributed by atoms with van der Waals surface area (Å²) in [5, 5.41) is 4.55. The summed E-state index contributed by atoms with van der Waals surface area (Å²) in [5.41, 5.74) is 10.5. The van der Waals surface area contributed by atoms with Crippen molar-refractivity contribution in [3.63, 3.8) is 0 Å². The SMILES string of the molecule is NC(=O)C(NC(=O)C1CCCCC1c1ccc(COC(=O)NN2CCOCC2)cc1)c1ccc(F)cc1. The molecule has 3 unspecified atom stereocenters. The Kier molecular flexibility index (Phi) is 9.08. The monoisotopic (exact) mass is 512 g/mol. The number of hydrazine groups is 1. The summed E-state index contributed by atoms with van der Waals surface area (Å²) in [6, 6.07) is 12.0. The van der Waals surface area contributed by atoms with E-state index >= 15 is 0 Å². The van der Waals surface area contributed by atoms with Crippen LogP contribution in [-0.4, -0.2) is 49.2 Å². The molecule has 4 N–H and O–H groups in total. The fraction of sp³-hybridized carbons (Fsp3) is 0.444. The summed E-state index contributed by atoms with van der Waals surface area (Å²) in [5.74, 6) is -1.72. The van der Waals surface area contributed by atoms with Crippen molar-refractivity contribution in [3.05, 3.63) is 71.0 Å². The second-order valence-electron chi connectivity index (χ2n) is 9.42. The number of carbonyl (C=O) groups is 3. The van der Waals surface area contributed by atoms with Crippen LogP contribution in [0.4, 0.5) is 9.18 Å². The van der Waals surface area contributed by atoms with Crippen LogP contribution in [0.5, 0.6) is 0 Å². The third-order valence-corrected chi connectivity index (χ3v) is 6.92. The topological polar surface area (TPSA) is 123 Å². The third kappa shape index (κ3) is 7.27. The zero-order chi connectivity index (χ0) is 26.2. The van der Waals surface area contributed by atoms with E-state index in [9.17, 15) is 18.8 Å². The van der Waals surface area contributed by atoms with Crippen molar-refractivity contribution < 1.29 is 28.2 Å². The number of hydrogen-bond donors (Lipinski definition) is 3. The van der Waals surface area contributed by atoms with E-state index in [-0.39, 0.29) is 24.3 Å². The molecule has 2 aliphatic rings. The van der Waals surface area contributed by atoms with Gasteiger partial charge in [-0.2, -0.15) is 0 Å². The largest absolute Gasteiger partial charge is 0.444 e. The first-order valence-electron chi connectivity index (χ1n) is 12.6. The third-order valence-electron chi connectivity index (χ3n) is 6.92. The molecule has 0 aromatic heterocycles. The minimum atomic E-state index is -1.03. The molecule has 1 aliphatic carbocycles. The summed E-state index contributed by atoms with van der Waals surface area (Å²) in [7, 11) is 0. The summed E-state index contributed by atoms with van der Waals surface area (Å²) in [4.78, 5) is 37.4. The summed E-state index contributed by atoms with van der Waals surface area (Å²) < 4.78 is 23.9. The van der Waals surface area contributed by atoms with E-state index in [0.717, 1.165) is 30.4 Å². The number of ether oxygens (including phenoxy) is 2. The van der Waals surface area contributed by atoms with E-state index < -0.39 is 23.9 Å². The Morgan fingerprint density at radius 2 is 1.70 bits per heavy atom. The molecule has 3 amide bonds. The normalized spacial score (nSPS) is 21.0. The van der Waals surface area contributed by atoms with Crippen molar-refractivity contribution in [2.75, 3.05) is 26.3 Å². The maximum absolute atomic E-state index is 13.3. The maximum Gasteiger partial charge on any atom is 0.422 e. The fourth-order valence-corrected chi connectivity index (χ4v) is 4.91. The van der Waals surface area contributed by atoms with E-state index in [1.165, 1.54) is 24.3 Å². The Bertz CT molecular complexity index is 1070. The van der Waals surface area contributed by atoms with Crippen LogP contribution >= 0.6 is 0 Å². The number of nitrogens with one attached hydrogen (secondary N) is 2. The van der Waals surface area contributed by atoms with E-state index in [4.69, 9.17) is 15.2 Å². The average Bonchev–Trinajstić information content (AvgIpc) is 2.92. The van der Waals surface area contributed by atoms with Gasteiger partial charge in [-0.15, -0.1) is 0 Å². The van der Waals surface area contributed by atoms with Gasteiger partial charge in [-0.1, -0.05) is 49.2 Å². The van der Waals surface area contributed by atoms with Crippen LogP contribution in [0.1, 0.15) is 54.3 Å². The summed E-state index contributed by atoms with van der Waals surface area (Å²) in [6.07, 6.45) is 2.93.